The lowest BCUT2D eigenvalue weighted by molar-refractivity contribution is -0.359. The maximum absolute atomic E-state index is 12.1. The number of benzene rings is 1. The molecule has 0 spiro atoms. The Bertz CT molecular complexity index is 893. The summed E-state index contributed by atoms with van der Waals surface area (Å²) in [5.41, 5.74) is 8.97. The fourth-order valence-electron chi connectivity index (χ4n) is 2.32. The molecule has 2 heterocycles. The maximum atomic E-state index is 12.1. The van der Waals surface area contributed by atoms with Gasteiger partial charge in [-0.2, -0.15) is 0 Å². The van der Waals surface area contributed by atoms with E-state index in [0.717, 1.165) is 16.8 Å². The molecule has 0 bridgehead atoms. The topological polar surface area (TPSA) is 107 Å². The maximum Gasteiger partial charge on any atom is 0.326 e. The molecule has 0 saturated carbocycles. The minimum atomic E-state index is -0.393. The summed E-state index contributed by atoms with van der Waals surface area (Å²) in [4.78, 5) is 15.1. The molecular formula is C19H22N5O2+. The van der Waals surface area contributed by atoms with Crippen LogP contribution in [0.2, 0.25) is 0 Å². The van der Waals surface area contributed by atoms with Gasteiger partial charge < -0.3 is 9.84 Å². The fraction of sp³-hybridized carbons (Fsp3) is 0.211. The van der Waals surface area contributed by atoms with Gasteiger partial charge in [-0.1, -0.05) is 38.1 Å². The van der Waals surface area contributed by atoms with Crippen molar-refractivity contribution in [3.05, 3.63) is 54.4 Å². The Morgan fingerprint density at radius 1 is 1.08 bits per heavy atom. The molecule has 5 N–H and O–H groups in total. The van der Waals surface area contributed by atoms with Crippen LogP contribution in [0, 0.1) is 0 Å². The molecule has 2 amide bonds. The number of aromatic amines is 1. The average molecular weight is 352 g/mol. The number of hydrogen-bond acceptors (Lipinski definition) is 4. The number of nitrogens with one attached hydrogen (secondary N) is 3. The second-order valence-corrected chi connectivity index (χ2v) is 7.02. The van der Waals surface area contributed by atoms with Gasteiger partial charge in [0, 0.05) is 28.8 Å². The number of nitrogen functional groups attached to an aromatic ring is 1. The zero-order valence-electron chi connectivity index (χ0n) is 15.0. The highest BCUT2D eigenvalue weighted by molar-refractivity contribution is 5.99. The predicted molar refractivity (Wildman–Crippen MR) is 101 cm³/mol. The van der Waals surface area contributed by atoms with Crippen LogP contribution in [-0.2, 0) is 5.41 Å². The van der Waals surface area contributed by atoms with Crippen molar-refractivity contribution in [2.24, 2.45) is 0 Å². The van der Waals surface area contributed by atoms with Crippen LogP contribution >= 0.6 is 0 Å². The molecule has 26 heavy (non-hydrogen) atoms. The lowest BCUT2D eigenvalue weighted by Crippen LogP contribution is -2.19. The van der Waals surface area contributed by atoms with E-state index in [-0.39, 0.29) is 5.41 Å². The van der Waals surface area contributed by atoms with Crippen molar-refractivity contribution in [1.82, 2.24) is 5.16 Å². The van der Waals surface area contributed by atoms with Gasteiger partial charge in [0.25, 0.3) is 5.82 Å². The van der Waals surface area contributed by atoms with Crippen LogP contribution in [0.1, 0.15) is 26.5 Å². The summed E-state index contributed by atoms with van der Waals surface area (Å²) in [5, 5.41) is 9.37. The average Bonchev–Trinajstić information content (AvgIpc) is 3.05. The van der Waals surface area contributed by atoms with Gasteiger partial charge in [-0.05, 0) is 23.8 Å². The van der Waals surface area contributed by atoms with Gasteiger partial charge in [-0.25, -0.2) is 9.78 Å². The third kappa shape index (κ3) is 4.18. The standard InChI is InChI=1S/C19H21N5O2/c1-19(2,3)15-10-17(26-24-15)23-18(25)22-14-7-4-12(5-8-14)13-6-9-16(20)21-11-13/h4-11H,1-3H3,(H2,20,21)(H2,22,23,25)/p+1. The molecule has 3 aromatic rings. The van der Waals surface area contributed by atoms with Crippen molar-refractivity contribution in [2.75, 3.05) is 16.4 Å². The Morgan fingerprint density at radius 3 is 2.35 bits per heavy atom. The van der Waals surface area contributed by atoms with Gasteiger partial charge in [-0.15, -0.1) is 0 Å². The first kappa shape index (κ1) is 17.5. The van der Waals surface area contributed by atoms with Crippen molar-refractivity contribution < 1.29 is 14.3 Å². The first-order valence-corrected chi connectivity index (χ1v) is 8.24. The number of H-pyrrole nitrogens is 1. The molecule has 134 valence electrons. The number of carbonyl (C=O) groups is 1. The van der Waals surface area contributed by atoms with Gasteiger partial charge in [-0.3, -0.25) is 11.1 Å². The van der Waals surface area contributed by atoms with Gasteiger partial charge in [0.2, 0.25) is 5.88 Å². The number of amides is 2. The van der Waals surface area contributed by atoms with E-state index in [9.17, 15) is 4.79 Å². The molecular weight excluding hydrogens is 330 g/mol. The molecule has 0 aliphatic heterocycles. The first-order valence-electron chi connectivity index (χ1n) is 8.24. The van der Waals surface area contributed by atoms with E-state index in [4.69, 9.17) is 10.3 Å². The molecule has 7 heteroatoms. The summed E-state index contributed by atoms with van der Waals surface area (Å²) in [5.74, 6) is 0.909. The number of rotatable bonds is 3. The minimum Gasteiger partial charge on any atom is -0.338 e. The van der Waals surface area contributed by atoms with Gasteiger partial charge in [0.1, 0.15) is 0 Å². The number of urea groups is 1. The third-order valence-corrected chi connectivity index (χ3v) is 3.83. The highest BCUT2D eigenvalue weighted by atomic mass is 16.5. The normalized spacial score (nSPS) is 11.2. The predicted octanol–water partition coefficient (Wildman–Crippen LogP) is 3.68. The highest BCUT2D eigenvalue weighted by Crippen LogP contribution is 2.24. The largest absolute Gasteiger partial charge is 0.338 e. The van der Waals surface area contributed by atoms with Crippen LogP contribution in [0.4, 0.5) is 22.2 Å². The number of hydrogen-bond donors (Lipinski definition) is 3. The van der Waals surface area contributed by atoms with Crippen LogP contribution in [-0.4, -0.2) is 11.2 Å². The molecule has 0 fully saturated rings. The number of aromatic nitrogens is 2. The van der Waals surface area contributed by atoms with E-state index in [1.165, 1.54) is 0 Å². The summed E-state index contributed by atoms with van der Waals surface area (Å²) in [6.07, 6.45) is 1.83. The zero-order chi connectivity index (χ0) is 18.7. The fourth-order valence-corrected chi connectivity index (χ4v) is 2.32. The van der Waals surface area contributed by atoms with Crippen LogP contribution in [0.25, 0.3) is 11.1 Å². The number of pyridine rings is 1. The van der Waals surface area contributed by atoms with Crippen LogP contribution in [0.15, 0.2) is 53.2 Å². The first-order chi connectivity index (χ1) is 12.3. The van der Waals surface area contributed by atoms with Crippen molar-refractivity contribution in [2.45, 2.75) is 26.2 Å². The Balaban J connectivity index is 1.62. The van der Waals surface area contributed by atoms with E-state index in [1.54, 1.807) is 12.1 Å². The van der Waals surface area contributed by atoms with E-state index in [2.05, 4.69) is 20.8 Å². The highest BCUT2D eigenvalue weighted by Gasteiger charge is 2.19. The lowest BCUT2D eigenvalue weighted by Gasteiger charge is -2.12. The molecule has 0 aliphatic carbocycles. The third-order valence-electron chi connectivity index (χ3n) is 3.83. The Kier molecular flexibility index (Phi) is 4.62. The monoisotopic (exact) mass is 352 g/mol. The molecule has 0 aliphatic rings. The molecule has 7 nitrogen and oxygen atoms in total. The number of anilines is 3. The molecule has 0 unspecified atom stereocenters. The lowest BCUT2D eigenvalue weighted by atomic mass is 9.92. The Morgan fingerprint density at radius 2 is 1.77 bits per heavy atom. The smallest absolute Gasteiger partial charge is 0.326 e. The van der Waals surface area contributed by atoms with Crippen LogP contribution < -0.4 is 21.4 Å². The van der Waals surface area contributed by atoms with Crippen molar-refractivity contribution in [1.29, 1.82) is 0 Å². The Labute approximate surface area is 151 Å². The molecule has 0 radical (unpaired) electrons. The number of nitrogens with two attached hydrogens (primary N) is 1. The zero-order valence-corrected chi connectivity index (χ0v) is 15.0. The summed E-state index contributed by atoms with van der Waals surface area (Å²) in [6.45, 7) is 6.07. The summed E-state index contributed by atoms with van der Waals surface area (Å²) in [6, 6.07) is 12.5. The SMILES string of the molecule is CC(C)(C)c1cc(NC(=O)Nc2ccc(-c3ccc(N)[nH+]c3)cc2)on1. The van der Waals surface area contributed by atoms with Crippen molar-refractivity contribution in [3.8, 4) is 11.1 Å². The molecule has 0 atom stereocenters. The molecule has 2 aromatic heterocycles. The van der Waals surface area contributed by atoms with Gasteiger partial charge >= 0.3 is 6.03 Å². The quantitative estimate of drug-likeness (QED) is 0.668. The van der Waals surface area contributed by atoms with Gasteiger partial charge in [0.15, 0.2) is 0 Å². The van der Waals surface area contributed by atoms with E-state index < -0.39 is 6.03 Å². The summed E-state index contributed by atoms with van der Waals surface area (Å²) >= 11 is 0. The number of nitrogens with zero attached hydrogens (tertiary/aromatic N) is 1. The van der Waals surface area contributed by atoms with E-state index in [1.807, 2.05) is 57.3 Å². The van der Waals surface area contributed by atoms with Crippen LogP contribution in [0.5, 0.6) is 0 Å². The molecule has 1 aromatic carbocycles. The van der Waals surface area contributed by atoms with Gasteiger partial charge in [0.05, 0.1) is 11.9 Å². The Hall–Kier alpha value is -3.35. The molecule has 3 rings (SSSR count). The van der Waals surface area contributed by atoms with E-state index >= 15 is 0 Å². The van der Waals surface area contributed by atoms with Crippen molar-refractivity contribution >= 4 is 23.4 Å². The van der Waals surface area contributed by atoms with E-state index in [0.29, 0.717) is 17.4 Å². The minimum absolute atomic E-state index is 0.144. The number of carbonyl (C=O) groups excluding carboxylic acids is 1. The second kappa shape index (κ2) is 6.87. The second-order valence-electron chi connectivity index (χ2n) is 7.02. The summed E-state index contributed by atoms with van der Waals surface area (Å²) in [7, 11) is 0. The summed E-state index contributed by atoms with van der Waals surface area (Å²) < 4.78 is 5.15. The molecule has 0 saturated heterocycles. The van der Waals surface area contributed by atoms with Crippen LogP contribution in [0.3, 0.4) is 0 Å². The van der Waals surface area contributed by atoms with Crippen molar-refractivity contribution in [3.63, 3.8) is 0 Å².